The Labute approximate surface area is 181 Å². The normalized spacial score (nSPS) is 17.0. The molecule has 3 N–H and O–H groups in total. The monoisotopic (exact) mass is 436 g/mol. The van der Waals surface area contributed by atoms with Crippen LogP contribution >= 0.6 is 0 Å². The summed E-state index contributed by atoms with van der Waals surface area (Å²) in [4.78, 5) is 8.64. The molecule has 0 amide bonds. The second-order valence-corrected chi connectivity index (χ2v) is 9.14. The zero-order chi connectivity index (χ0) is 22.6. The third kappa shape index (κ3) is 6.56. The lowest BCUT2D eigenvalue weighted by molar-refractivity contribution is -0.139. The Morgan fingerprint density at radius 1 is 1.19 bits per heavy atom. The highest BCUT2D eigenvalue weighted by molar-refractivity contribution is 5.63. The third-order valence-corrected chi connectivity index (χ3v) is 5.36. The molecule has 1 aliphatic rings. The van der Waals surface area contributed by atoms with Gasteiger partial charge < -0.3 is 15.8 Å². The van der Waals surface area contributed by atoms with Crippen molar-refractivity contribution in [3.8, 4) is 17.0 Å². The highest BCUT2D eigenvalue weighted by Gasteiger charge is 2.35. The van der Waals surface area contributed by atoms with E-state index in [1.807, 2.05) is 13.8 Å². The van der Waals surface area contributed by atoms with Crippen LogP contribution < -0.4 is 15.8 Å². The maximum atomic E-state index is 13.8. The van der Waals surface area contributed by atoms with Crippen LogP contribution in [-0.4, -0.2) is 28.2 Å². The standard InChI is InChI=1S/C23H31F3N4O/c1-15(2)13-22(3,27)14-31-20-9-8-16(12-18(20)23(24,25)26)19-10-11-28-21(30-19)29-17-6-4-5-7-17/h8-12,15,17H,4-7,13-14,27H2,1-3H3,(H,28,29,30). The van der Waals surface area contributed by atoms with E-state index in [2.05, 4.69) is 15.3 Å². The molecule has 1 fully saturated rings. The van der Waals surface area contributed by atoms with Gasteiger partial charge >= 0.3 is 6.18 Å². The summed E-state index contributed by atoms with van der Waals surface area (Å²) in [6.07, 6.45) is 2.06. The van der Waals surface area contributed by atoms with Crippen molar-refractivity contribution < 1.29 is 17.9 Å². The van der Waals surface area contributed by atoms with Gasteiger partial charge in [-0.15, -0.1) is 0 Å². The third-order valence-electron chi connectivity index (χ3n) is 5.36. The molecule has 1 heterocycles. The Morgan fingerprint density at radius 3 is 2.55 bits per heavy atom. The second kappa shape index (κ2) is 9.42. The molecule has 1 atom stereocenters. The molecular formula is C23H31F3N4O. The maximum Gasteiger partial charge on any atom is 0.419 e. The number of aromatic nitrogens is 2. The van der Waals surface area contributed by atoms with Gasteiger partial charge in [0.25, 0.3) is 0 Å². The highest BCUT2D eigenvalue weighted by atomic mass is 19.4. The van der Waals surface area contributed by atoms with E-state index in [4.69, 9.17) is 10.5 Å². The van der Waals surface area contributed by atoms with Crippen LogP contribution in [0.25, 0.3) is 11.3 Å². The molecule has 0 bridgehead atoms. The number of anilines is 1. The first-order chi connectivity index (χ1) is 14.5. The molecule has 1 aliphatic carbocycles. The molecule has 1 aromatic carbocycles. The fourth-order valence-electron chi connectivity index (χ4n) is 4.11. The summed E-state index contributed by atoms with van der Waals surface area (Å²) < 4.78 is 46.8. The van der Waals surface area contributed by atoms with E-state index in [0.717, 1.165) is 31.7 Å². The van der Waals surface area contributed by atoms with Crippen LogP contribution in [0.5, 0.6) is 5.75 Å². The number of alkyl halides is 3. The largest absolute Gasteiger partial charge is 0.491 e. The van der Waals surface area contributed by atoms with Crippen LogP contribution in [0.1, 0.15) is 58.4 Å². The smallest absolute Gasteiger partial charge is 0.419 e. The van der Waals surface area contributed by atoms with E-state index in [9.17, 15) is 13.2 Å². The van der Waals surface area contributed by atoms with Crippen molar-refractivity contribution in [3.63, 3.8) is 0 Å². The second-order valence-electron chi connectivity index (χ2n) is 9.14. The predicted molar refractivity (Wildman–Crippen MR) is 116 cm³/mol. The number of nitrogens with zero attached hydrogens (tertiary/aromatic N) is 2. The van der Waals surface area contributed by atoms with Gasteiger partial charge in [-0.1, -0.05) is 26.7 Å². The zero-order valence-corrected chi connectivity index (χ0v) is 18.3. The number of nitrogens with one attached hydrogen (secondary N) is 1. The van der Waals surface area contributed by atoms with Gasteiger partial charge in [0.2, 0.25) is 5.95 Å². The van der Waals surface area contributed by atoms with Crippen LogP contribution in [-0.2, 0) is 6.18 Å². The highest BCUT2D eigenvalue weighted by Crippen LogP contribution is 2.39. The molecule has 1 aromatic heterocycles. The minimum Gasteiger partial charge on any atom is -0.491 e. The molecule has 5 nitrogen and oxygen atoms in total. The minimum atomic E-state index is -4.56. The first-order valence-corrected chi connectivity index (χ1v) is 10.8. The van der Waals surface area contributed by atoms with Crippen LogP contribution in [0.4, 0.5) is 19.1 Å². The van der Waals surface area contributed by atoms with Crippen molar-refractivity contribution in [3.05, 3.63) is 36.0 Å². The predicted octanol–water partition coefficient (Wildman–Crippen LogP) is 5.66. The Bertz CT molecular complexity index is 877. The summed E-state index contributed by atoms with van der Waals surface area (Å²) in [5.41, 5.74) is 5.42. The molecule has 170 valence electrons. The molecule has 1 unspecified atom stereocenters. The Hall–Kier alpha value is -2.35. The summed E-state index contributed by atoms with van der Waals surface area (Å²) in [6, 6.07) is 5.93. The average Bonchev–Trinajstić information content (AvgIpc) is 3.18. The van der Waals surface area contributed by atoms with Crippen LogP contribution in [0.2, 0.25) is 0 Å². The van der Waals surface area contributed by atoms with Gasteiger partial charge in [0.15, 0.2) is 0 Å². The average molecular weight is 437 g/mol. The number of nitrogens with two attached hydrogens (primary N) is 1. The summed E-state index contributed by atoms with van der Waals surface area (Å²) in [7, 11) is 0. The van der Waals surface area contributed by atoms with Gasteiger partial charge in [0.05, 0.1) is 11.3 Å². The zero-order valence-electron chi connectivity index (χ0n) is 18.3. The van der Waals surface area contributed by atoms with Crippen molar-refractivity contribution in [2.75, 3.05) is 11.9 Å². The van der Waals surface area contributed by atoms with Gasteiger partial charge in [0, 0.05) is 23.3 Å². The van der Waals surface area contributed by atoms with Crippen molar-refractivity contribution in [2.24, 2.45) is 11.7 Å². The maximum absolute atomic E-state index is 13.8. The number of ether oxygens (including phenoxy) is 1. The lowest BCUT2D eigenvalue weighted by Gasteiger charge is -2.27. The topological polar surface area (TPSA) is 73.1 Å². The number of hydrogen-bond acceptors (Lipinski definition) is 5. The lowest BCUT2D eigenvalue weighted by atomic mass is 9.93. The van der Waals surface area contributed by atoms with E-state index in [0.29, 0.717) is 35.6 Å². The van der Waals surface area contributed by atoms with E-state index in [1.165, 1.54) is 6.07 Å². The molecular weight excluding hydrogens is 405 g/mol. The van der Waals surface area contributed by atoms with Gasteiger partial charge in [-0.2, -0.15) is 13.2 Å². The number of rotatable bonds is 8. The van der Waals surface area contributed by atoms with Crippen molar-refractivity contribution >= 4 is 5.95 Å². The van der Waals surface area contributed by atoms with Gasteiger partial charge in [-0.25, -0.2) is 9.97 Å². The fourth-order valence-corrected chi connectivity index (χ4v) is 4.11. The first-order valence-electron chi connectivity index (χ1n) is 10.8. The lowest BCUT2D eigenvalue weighted by Crippen LogP contribution is -2.43. The summed E-state index contributed by atoms with van der Waals surface area (Å²) >= 11 is 0. The van der Waals surface area contributed by atoms with Crippen LogP contribution in [0.15, 0.2) is 30.5 Å². The summed E-state index contributed by atoms with van der Waals surface area (Å²) in [6.45, 7) is 5.81. The number of halogens is 3. The quantitative estimate of drug-likeness (QED) is 0.559. The van der Waals surface area contributed by atoms with Gasteiger partial charge in [0.1, 0.15) is 12.4 Å². The van der Waals surface area contributed by atoms with Crippen molar-refractivity contribution in [1.82, 2.24) is 9.97 Å². The Morgan fingerprint density at radius 2 is 1.90 bits per heavy atom. The minimum absolute atomic E-state index is 0.00340. The van der Waals surface area contributed by atoms with E-state index < -0.39 is 17.3 Å². The molecule has 3 rings (SSSR count). The molecule has 2 aromatic rings. The fraction of sp³-hybridized carbons (Fsp3) is 0.565. The van der Waals surface area contributed by atoms with Crippen molar-refractivity contribution in [2.45, 2.75) is 70.6 Å². The van der Waals surface area contributed by atoms with Crippen molar-refractivity contribution in [1.29, 1.82) is 0 Å². The number of hydrogen-bond donors (Lipinski definition) is 2. The molecule has 1 saturated carbocycles. The molecule has 31 heavy (non-hydrogen) atoms. The molecule has 0 radical (unpaired) electrons. The SMILES string of the molecule is CC(C)CC(C)(N)COc1ccc(-c2ccnc(NC3CCCC3)n2)cc1C(F)(F)F. The van der Waals surface area contributed by atoms with Gasteiger partial charge in [-0.05, 0) is 56.4 Å². The first kappa shape index (κ1) is 23.3. The Kier molecular flexibility index (Phi) is 7.09. The van der Waals surface area contributed by atoms with E-state index in [1.54, 1.807) is 25.3 Å². The van der Waals surface area contributed by atoms with Crippen LogP contribution in [0.3, 0.4) is 0 Å². The summed E-state index contributed by atoms with van der Waals surface area (Å²) in [5.74, 6) is 0.522. The number of benzene rings is 1. The van der Waals surface area contributed by atoms with Gasteiger partial charge in [-0.3, -0.25) is 0 Å². The van der Waals surface area contributed by atoms with E-state index >= 15 is 0 Å². The molecule has 0 spiro atoms. The molecule has 0 saturated heterocycles. The van der Waals surface area contributed by atoms with E-state index in [-0.39, 0.29) is 12.4 Å². The van der Waals surface area contributed by atoms with Crippen LogP contribution in [0, 0.1) is 5.92 Å². The Balaban J connectivity index is 1.83. The molecule has 0 aliphatic heterocycles. The molecule has 8 heteroatoms. The summed E-state index contributed by atoms with van der Waals surface area (Å²) in [5, 5.41) is 3.28.